The number of rotatable bonds is 5. The third-order valence-electron chi connectivity index (χ3n) is 4.74. The Balaban J connectivity index is 1.70. The zero-order chi connectivity index (χ0) is 22.8. The van der Waals surface area contributed by atoms with E-state index < -0.39 is 21.8 Å². The molecule has 1 saturated heterocycles. The molecule has 1 aromatic carbocycles. The number of hydrogen-bond donors (Lipinski definition) is 1. The van der Waals surface area contributed by atoms with Gasteiger partial charge in [-0.15, -0.1) is 0 Å². The second-order valence-electron chi connectivity index (χ2n) is 6.84. The summed E-state index contributed by atoms with van der Waals surface area (Å²) in [5.74, 6) is -0.111. The van der Waals surface area contributed by atoms with Crippen LogP contribution in [0.1, 0.15) is 22.8 Å². The molecule has 1 aliphatic rings. The van der Waals surface area contributed by atoms with Gasteiger partial charge in [0.25, 0.3) is 5.91 Å². The summed E-state index contributed by atoms with van der Waals surface area (Å²) < 4.78 is 65.1. The number of amides is 1. The van der Waals surface area contributed by atoms with Crippen LogP contribution in [0.4, 0.5) is 19.0 Å². The standard InChI is InChI=1S/C19H20ClF3N4O3S/c1-2-25-31(29,30)15-5-3-4-13(10-15)18(28)27-8-6-26(7-9-27)17-16(20)11-14(12-24-17)19(21,22)23/h3-5,10-12,25H,2,6-9H2,1H3. The lowest BCUT2D eigenvalue weighted by Crippen LogP contribution is -2.49. The quantitative estimate of drug-likeness (QED) is 0.717. The van der Waals surface area contributed by atoms with Gasteiger partial charge in [-0.2, -0.15) is 13.2 Å². The van der Waals surface area contributed by atoms with Crippen molar-refractivity contribution in [1.82, 2.24) is 14.6 Å². The summed E-state index contributed by atoms with van der Waals surface area (Å²) in [4.78, 5) is 19.9. The Kier molecular flexibility index (Phi) is 6.77. The van der Waals surface area contributed by atoms with Crippen molar-refractivity contribution in [1.29, 1.82) is 0 Å². The third-order valence-corrected chi connectivity index (χ3v) is 6.56. The molecule has 7 nitrogen and oxygen atoms in total. The number of alkyl halides is 3. The maximum absolute atomic E-state index is 12.8. The maximum atomic E-state index is 12.8. The molecule has 0 atom stereocenters. The van der Waals surface area contributed by atoms with Gasteiger partial charge >= 0.3 is 6.18 Å². The number of sulfonamides is 1. The summed E-state index contributed by atoms with van der Waals surface area (Å²) in [6.45, 7) is 3.08. The lowest BCUT2D eigenvalue weighted by molar-refractivity contribution is -0.137. The normalized spacial score (nSPS) is 15.3. The highest BCUT2D eigenvalue weighted by Crippen LogP contribution is 2.33. The summed E-state index contributed by atoms with van der Waals surface area (Å²) >= 11 is 6.00. The van der Waals surface area contributed by atoms with Crippen LogP contribution in [0.15, 0.2) is 41.4 Å². The van der Waals surface area contributed by atoms with Crippen molar-refractivity contribution >= 4 is 33.3 Å². The van der Waals surface area contributed by atoms with Gasteiger partial charge in [-0.05, 0) is 24.3 Å². The minimum atomic E-state index is -4.53. The first kappa shape index (κ1) is 23.3. The Morgan fingerprint density at radius 3 is 2.45 bits per heavy atom. The number of nitrogens with zero attached hydrogens (tertiary/aromatic N) is 3. The number of halogens is 4. The van der Waals surface area contributed by atoms with Crippen LogP contribution < -0.4 is 9.62 Å². The van der Waals surface area contributed by atoms with Crippen LogP contribution in [-0.4, -0.2) is 56.9 Å². The second kappa shape index (κ2) is 9.01. The molecule has 31 heavy (non-hydrogen) atoms. The van der Waals surface area contributed by atoms with E-state index in [0.29, 0.717) is 13.1 Å². The van der Waals surface area contributed by atoms with Crippen molar-refractivity contribution in [2.24, 2.45) is 0 Å². The SMILES string of the molecule is CCNS(=O)(=O)c1cccc(C(=O)N2CCN(c3ncc(C(F)(F)F)cc3Cl)CC2)c1. The van der Waals surface area contributed by atoms with E-state index in [4.69, 9.17) is 11.6 Å². The van der Waals surface area contributed by atoms with Crippen molar-refractivity contribution in [3.63, 3.8) is 0 Å². The highest BCUT2D eigenvalue weighted by molar-refractivity contribution is 7.89. The topological polar surface area (TPSA) is 82.6 Å². The first-order valence-corrected chi connectivity index (χ1v) is 11.3. The number of carbonyl (C=O) groups excluding carboxylic acids is 1. The van der Waals surface area contributed by atoms with E-state index in [0.717, 1.165) is 12.3 Å². The number of pyridine rings is 1. The van der Waals surface area contributed by atoms with E-state index in [1.54, 1.807) is 16.7 Å². The van der Waals surface area contributed by atoms with Crippen LogP contribution in [0.25, 0.3) is 0 Å². The first-order chi connectivity index (χ1) is 14.5. The molecule has 1 fully saturated rings. The number of carbonyl (C=O) groups is 1. The minimum absolute atomic E-state index is 0.000396. The summed E-state index contributed by atoms with van der Waals surface area (Å²) in [6, 6.07) is 6.59. The predicted octanol–water partition coefficient (Wildman–Crippen LogP) is 3.01. The van der Waals surface area contributed by atoms with Crippen LogP contribution in [0, 0.1) is 0 Å². The molecule has 2 heterocycles. The molecule has 0 bridgehead atoms. The summed E-state index contributed by atoms with van der Waals surface area (Å²) in [6.07, 6.45) is -3.80. The molecule has 0 saturated carbocycles. The third kappa shape index (κ3) is 5.28. The smallest absolute Gasteiger partial charge is 0.352 e. The molecule has 12 heteroatoms. The largest absolute Gasteiger partial charge is 0.417 e. The van der Waals surface area contributed by atoms with E-state index in [-0.39, 0.29) is 46.8 Å². The number of piperazine rings is 1. The molecular formula is C19H20ClF3N4O3S. The molecule has 0 unspecified atom stereocenters. The fraction of sp³-hybridized carbons (Fsp3) is 0.368. The van der Waals surface area contributed by atoms with Gasteiger partial charge in [0, 0.05) is 44.5 Å². The van der Waals surface area contributed by atoms with Gasteiger partial charge in [0.15, 0.2) is 0 Å². The number of benzene rings is 1. The van der Waals surface area contributed by atoms with Gasteiger partial charge in [-0.25, -0.2) is 18.1 Å². The van der Waals surface area contributed by atoms with Crippen molar-refractivity contribution in [2.45, 2.75) is 18.0 Å². The van der Waals surface area contributed by atoms with Crippen molar-refractivity contribution in [2.75, 3.05) is 37.6 Å². The van der Waals surface area contributed by atoms with Crippen LogP contribution in [0.5, 0.6) is 0 Å². The first-order valence-electron chi connectivity index (χ1n) is 9.39. The molecule has 0 radical (unpaired) electrons. The van der Waals surface area contributed by atoms with Crippen LogP contribution in [0.2, 0.25) is 5.02 Å². The molecule has 2 aromatic rings. The fourth-order valence-corrected chi connectivity index (χ4v) is 4.56. The van der Waals surface area contributed by atoms with Gasteiger partial charge in [-0.1, -0.05) is 24.6 Å². The molecule has 0 spiro atoms. The summed E-state index contributed by atoms with van der Waals surface area (Å²) in [5, 5.41) is -0.115. The maximum Gasteiger partial charge on any atom is 0.417 e. The monoisotopic (exact) mass is 476 g/mol. The summed E-state index contributed by atoms with van der Waals surface area (Å²) in [7, 11) is -3.69. The average Bonchev–Trinajstić information content (AvgIpc) is 2.73. The number of nitrogens with one attached hydrogen (secondary N) is 1. The van der Waals surface area contributed by atoms with Gasteiger partial charge < -0.3 is 9.80 Å². The molecule has 0 aliphatic carbocycles. The van der Waals surface area contributed by atoms with Gasteiger partial charge in [0.1, 0.15) is 5.82 Å². The highest BCUT2D eigenvalue weighted by atomic mass is 35.5. The Hall–Kier alpha value is -2.37. The van der Waals surface area contributed by atoms with E-state index in [2.05, 4.69) is 9.71 Å². The molecule has 168 valence electrons. The molecule has 1 amide bonds. The Morgan fingerprint density at radius 2 is 1.87 bits per heavy atom. The second-order valence-corrected chi connectivity index (χ2v) is 9.01. The number of hydrogen-bond acceptors (Lipinski definition) is 5. The highest BCUT2D eigenvalue weighted by Gasteiger charge is 2.32. The van der Waals surface area contributed by atoms with Crippen molar-refractivity contribution in [3.05, 3.63) is 52.7 Å². The van der Waals surface area contributed by atoms with Gasteiger partial charge in [0.2, 0.25) is 10.0 Å². The van der Waals surface area contributed by atoms with E-state index in [1.165, 1.54) is 24.3 Å². The Bertz CT molecular complexity index is 1070. The van der Waals surface area contributed by atoms with E-state index >= 15 is 0 Å². The predicted molar refractivity (Wildman–Crippen MR) is 110 cm³/mol. The van der Waals surface area contributed by atoms with Crippen molar-refractivity contribution < 1.29 is 26.4 Å². The van der Waals surface area contributed by atoms with Crippen LogP contribution in [-0.2, 0) is 16.2 Å². The Labute approximate surface area is 182 Å². The van der Waals surface area contributed by atoms with Gasteiger partial charge in [-0.3, -0.25) is 4.79 Å². The molecule has 3 rings (SSSR count). The number of aromatic nitrogens is 1. The van der Waals surface area contributed by atoms with E-state index in [9.17, 15) is 26.4 Å². The van der Waals surface area contributed by atoms with E-state index in [1.807, 2.05) is 0 Å². The zero-order valence-electron chi connectivity index (χ0n) is 16.5. The van der Waals surface area contributed by atoms with Crippen LogP contribution >= 0.6 is 11.6 Å². The lowest BCUT2D eigenvalue weighted by atomic mass is 10.2. The minimum Gasteiger partial charge on any atom is -0.352 e. The lowest BCUT2D eigenvalue weighted by Gasteiger charge is -2.36. The fourth-order valence-electron chi connectivity index (χ4n) is 3.19. The molecular weight excluding hydrogens is 457 g/mol. The molecule has 1 N–H and O–H groups in total. The number of anilines is 1. The Morgan fingerprint density at radius 1 is 1.19 bits per heavy atom. The van der Waals surface area contributed by atoms with Crippen molar-refractivity contribution in [3.8, 4) is 0 Å². The van der Waals surface area contributed by atoms with Gasteiger partial charge in [0.05, 0.1) is 15.5 Å². The molecule has 1 aromatic heterocycles. The molecule has 1 aliphatic heterocycles. The zero-order valence-corrected chi connectivity index (χ0v) is 18.1. The average molecular weight is 477 g/mol. The van der Waals surface area contributed by atoms with Crippen LogP contribution in [0.3, 0.4) is 0 Å². The summed E-state index contributed by atoms with van der Waals surface area (Å²) in [5.41, 5.74) is -0.694.